The van der Waals surface area contributed by atoms with Crippen LogP contribution in [0.15, 0.2) is 65.8 Å². The van der Waals surface area contributed by atoms with Gasteiger partial charge in [0.2, 0.25) is 0 Å². The van der Waals surface area contributed by atoms with E-state index in [1.807, 2.05) is 38.1 Å². The van der Waals surface area contributed by atoms with E-state index in [4.69, 9.17) is 0 Å². The molecule has 1 aliphatic heterocycles. The van der Waals surface area contributed by atoms with Crippen LogP contribution in [0, 0.1) is 0 Å². The predicted octanol–water partition coefficient (Wildman–Crippen LogP) is 2.95. The zero-order chi connectivity index (χ0) is 18.6. The second-order valence-electron chi connectivity index (χ2n) is 6.40. The van der Waals surface area contributed by atoms with Gasteiger partial charge in [0.15, 0.2) is 0 Å². The largest absolute Gasteiger partial charge is 0.285 e. The van der Waals surface area contributed by atoms with Crippen LogP contribution in [-0.2, 0) is 0 Å². The third kappa shape index (κ3) is 3.65. The molecule has 134 valence electrons. The smallest absolute Gasteiger partial charge is 0.275 e. The predicted molar refractivity (Wildman–Crippen MR) is 100 cm³/mol. The van der Waals surface area contributed by atoms with Gasteiger partial charge in [-0.3, -0.25) is 15.0 Å². The third-order valence-corrected chi connectivity index (χ3v) is 4.36. The van der Waals surface area contributed by atoms with Crippen LogP contribution in [0.1, 0.15) is 47.4 Å². The van der Waals surface area contributed by atoms with Gasteiger partial charge < -0.3 is 0 Å². The fraction of sp³-hybridized carbons (Fsp3) is 0.250. The fourth-order valence-corrected chi connectivity index (χ4v) is 2.88. The lowest BCUT2D eigenvalue weighted by Crippen LogP contribution is -2.60. The lowest BCUT2D eigenvalue weighted by atomic mass is 10.0. The molecule has 0 bridgehead atoms. The molecule has 2 amide bonds. The van der Waals surface area contributed by atoms with Gasteiger partial charge in [-0.2, -0.15) is 5.10 Å². The van der Waals surface area contributed by atoms with Crippen molar-refractivity contribution < 1.29 is 9.59 Å². The maximum absolute atomic E-state index is 12.9. The van der Waals surface area contributed by atoms with Gasteiger partial charge in [0.1, 0.15) is 5.66 Å². The van der Waals surface area contributed by atoms with Gasteiger partial charge in [0, 0.05) is 23.3 Å². The van der Waals surface area contributed by atoms with Crippen LogP contribution in [0.25, 0.3) is 0 Å². The highest BCUT2D eigenvalue weighted by molar-refractivity contribution is 5.98. The molecule has 26 heavy (non-hydrogen) atoms. The fourth-order valence-electron chi connectivity index (χ4n) is 2.88. The molecule has 0 radical (unpaired) electrons. The summed E-state index contributed by atoms with van der Waals surface area (Å²) in [5, 5.41) is 5.90. The normalized spacial score (nSPS) is 19.2. The summed E-state index contributed by atoms with van der Waals surface area (Å²) < 4.78 is 0. The summed E-state index contributed by atoms with van der Waals surface area (Å²) in [5.41, 5.74) is 6.88. The summed E-state index contributed by atoms with van der Waals surface area (Å²) in [6.07, 6.45) is 1.28. The second-order valence-corrected chi connectivity index (χ2v) is 6.40. The van der Waals surface area contributed by atoms with Gasteiger partial charge in [-0.15, -0.1) is 0 Å². The number of amides is 2. The van der Waals surface area contributed by atoms with E-state index < -0.39 is 5.66 Å². The Hall–Kier alpha value is -2.99. The van der Waals surface area contributed by atoms with E-state index in [0.717, 1.165) is 12.1 Å². The number of benzene rings is 2. The first-order valence-corrected chi connectivity index (χ1v) is 8.62. The Balaban J connectivity index is 1.77. The summed E-state index contributed by atoms with van der Waals surface area (Å²) in [4.78, 5) is 25.2. The Labute approximate surface area is 152 Å². The molecule has 0 fully saturated rings. The molecule has 0 saturated heterocycles. The number of nitrogens with one attached hydrogen (secondary N) is 2. The highest BCUT2D eigenvalue weighted by Gasteiger charge is 2.42. The third-order valence-electron chi connectivity index (χ3n) is 4.36. The Kier molecular flexibility index (Phi) is 5.14. The van der Waals surface area contributed by atoms with Crippen LogP contribution in [0.4, 0.5) is 0 Å². The molecule has 1 aliphatic rings. The van der Waals surface area contributed by atoms with E-state index in [2.05, 4.69) is 16.0 Å². The van der Waals surface area contributed by atoms with Crippen molar-refractivity contribution in [3.05, 3.63) is 71.8 Å². The van der Waals surface area contributed by atoms with E-state index in [-0.39, 0.29) is 11.8 Å². The number of hydrogen-bond acceptors (Lipinski definition) is 4. The maximum Gasteiger partial charge on any atom is 0.275 e. The SMILES string of the molecule is CCC1=NN(C(=O)c2ccccc2)[C@@](C)(NNC(=O)c2ccccc2)C1. The number of hydrazone groups is 1. The number of hydrazine groups is 1. The van der Waals surface area contributed by atoms with Gasteiger partial charge in [-0.05, 0) is 37.6 Å². The molecule has 0 aliphatic carbocycles. The average molecular weight is 350 g/mol. The molecule has 0 unspecified atom stereocenters. The van der Waals surface area contributed by atoms with Gasteiger partial charge in [-0.1, -0.05) is 43.3 Å². The first kappa shape index (κ1) is 17.8. The van der Waals surface area contributed by atoms with Gasteiger partial charge in [0.05, 0.1) is 0 Å². The van der Waals surface area contributed by atoms with Gasteiger partial charge >= 0.3 is 0 Å². The van der Waals surface area contributed by atoms with Crippen LogP contribution in [0.2, 0.25) is 0 Å². The molecule has 1 heterocycles. The van der Waals surface area contributed by atoms with Crippen molar-refractivity contribution in [1.82, 2.24) is 15.9 Å². The highest BCUT2D eigenvalue weighted by Crippen LogP contribution is 2.27. The number of hydrogen-bond donors (Lipinski definition) is 2. The molecule has 2 aromatic carbocycles. The molecule has 0 aromatic heterocycles. The first-order chi connectivity index (χ1) is 12.5. The Morgan fingerprint density at radius 2 is 1.62 bits per heavy atom. The Bertz CT molecular complexity index is 820. The lowest BCUT2D eigenvalue weighted by molar-refractivity contribution is 0.0438. The zero-order valence-corrected chi connectivity index (χ0v) is 14.9. The highest BCUT2D eigenvalue weighted by atomic mass is 16.2. The van der Waals surface area contributed by atoms with Crippen molar-refractivity contribution >= 4 is 17.5 Å². The van der Waals surface area contributed by atoms with E-state index in [0.29, 0.717) is 17.5 Å². The molecule has 6 heteroatoms. The van der Waals surface area contributed by atoms with Crippen LogP contribution in [0.5, 0.6) is 0 Å². The molecule has 1 atom stereocenters. The second kappa shape index (κ2) is 7.49. The van der Waals surface area contributed by atoms with Crippen LogP contribution in [-0.4, -0.2) is 28.2 Å². The van der Waals surface area contributed by atoms with Crippen molar-refractivity contribution in [2.24, 2.45) is 5.10 Å². The van der Waals surface area contributed by atoms with Crippen molar-refractivity contribution in [2.75, 3.05) is 0 Å². The molecular weight excluding hydrogens is 328 g/mol. The quantitative estimate of drug-likeness (QED) is 0.814. The van der Waals surface area contributed by atoms with Crippen LogP contribution < -0.4 is 10.9 Å². The lowest BCUT2D eigenvalue weighted by Gasteiger charge is -2.33. The summed E-state index contributed by atoms with van der Waals surface area (Å²) in [6.45, 7) is 3.85. The monoisotopic (exact) mass is 350 g/mol. The van der Waals surface area contributed by atoms with Gasteiger partial charge in [-0.25, -0.2) is 10.4 Å². The molecule has 2 aromatic rings. The van der Waals surface area contributed by atoms with Crippen molar-refractivity contribution in [3.63, 3.8) is 0 Å². The minimum atomic E-state index is -0.831. The summed E-state index contributed by atoms with van der Waals surface area (Å²) in [7, 11) is 0. The summed E-state index contributed by atoms with van der Waals surface area (Å²) in [6, 6.07) is 17.9. The standard InChI is InChI=1S/C20H22N4O2/c1-3-17-14-20(2,23-21-18(25)15-10-6-4-7-11-15)24(22-17)19(26)16-12-8-5-9-13-16/h4-13,23H,3,14H2,1-2H3,(H,21,25)/t20-/m1/s1. The van der Waals surface area contributed by atoms with Crippen molar-refractivity contribution in [2.45, 2.75) is 32.4 Å². The molecule has 3 rings (SSSR count). The van der Waals surface area contributed by atoms with E-state index in [1.165, 1.54) is 5.01 Å². The summed E-state index contributed by atoms with van der Waals surface area (Å²) >= 11 is 0. The minimum absolute atomic E-state index is 0.210. The van der Waals surface area contributed by atoms with Crippen LogP contribution in [0.3, 0.4) is 0 Å². The van der Waals surface area contributed by atoms with E-state index >= 15 is 0 Å². The first-order valence-electron chi connectivity index (χ1n) is 8.62. The zero-order valence-electron chi connectivity index (χ0n) is 14.9. The molecule has 0 saturated carbocycles. The Morgan fingerprint density at radius 3 is 2.19 bits per heavy atom. The van der Waals surface area contributed by atoms with E-state index in [9.17, 15) is 9.59 Å². The molecular formula is C20H22N4O2. The summed E-state index contributed by atoms with van der Waals surface area (Å²) in [5.74, 6) is -0.470. The molecule has 6 nitrogen and oxygen atoms in total. The topological polar surface area (TPSA) is 73.8 Å². The number of rotatable bonds is 5. The van der Waals surface area contributed by atoms with E-state index in [1.54, 1.807) is 36.4 Å². The number of carbonyl (C=O) groups is 2. The molecule has 2 N–H and O–H groups in total. The van der Waals surface area contributed by atoms with Crippen molar-refractivity contribution in [1.29, 1.82) is 0 Å². The maximum atomic E-state index is 12.9. The van der Waals surface area contributed by atoms with Gasteiger partial charge in [0.25, 0.3) is 11.8 Å². The molecule has 0 spiro atoms. The number of nitrogens with zero attached hydrogens (tertiary/aromatic N) is 2. The average Bonchev–Trinajstić information content (AvgIpc) is 3.04. The van der Waals surface area contributed by atoms with Crippen LogP contribution >= 0.6 is 0 Å². The minimum Gasteiger partial charge on any atom is -0.285 e. The van der Waals surface area contributed by atoms with Crippen molar-refractivity contribution in [3.8, 4) is 0 Å². The number of carbonyl (C=O) groups excluding carboxylic acids is 2. The Morgan fingerprint density at radius 1 is 1.04 bits per heavy atom.